The van der Waals surface area contributed by atoms with E-state index in [0.717, 1.165) is 12.3 Å². The summed E-state index contributed by atoms with van der Waals surface area (Å²) in [5.41, 5.74) is -1.61. The van der Waals surface area contributed by atoms with Gasteiger partial charge in [0, 0.05) is 41.4 Å². The first-order valence-electron chi connectivity index (χ1n) is 10.5. The van der Waals surface area contributed by atoms with E-state index in [2.05, 4.69) is 15.6 Å². The number of nitrogens with zero attached hydrogens (tertiary/aromatic N) is 1. The van der Waals surface area contributed by atoms with Crippen LogP contribution in [0.15, 0.2) is 30.5 Å². The van der Waals surface area contributed by atoms with Gasteiger partial charge in [-0.2, -0.15) is 13.2 Å². The minimum Gasteiger partial charge on any atom is -0.480 e. The molecule has 5 nitrogen and oxygen atoms in total. The predicted octanol–water partition coefficient (Wildman–Crippen LogP) is 5.20. The van der Waals surface area contributed by atoms with E-state index in [-0.39, 0.29) is 28.2 Å². The summed E-state index contributed by atoms with van der Waals surface area (Å²) >= 11 is 6.03. The first kappa shape index (κ1) is 23.8. The van der Waals surface area contributed by atoms with Crippen LogP contribution in [0, 0.1) is 11.2 Å². The quantitative estimate of drug-likeness (QED) is 0.521. The second-order valence-corrected chi connectivity index (χ2v) is 10.3. The summed E-state index contributed by atoms with van der Waals surface area (Å²) in [7, 11) is 0. The number of hydrogen-bond donors (Lipinski definition) is 3. The van der Waals surface area contributed by atoms with Gasteiger partial charge < -0.3 is 15.7 Å². The fraction of sp³-hybridized carbons (Fsp3) is 0.478. The molecule has 33 heavy (non-hydrogen) atoms. The Morgan fingerprint density at radius 2 is 2.00 bits per heavy atom. The predicted molar refractivity (Wildman–Crippen MR) is 116 cm³/mol. The van der Waals surface area contributed by atoms with Gasteiger partial charge in [0.2, 0.25) is 0 Å². The number of fused-ring (bicyclic) bond motifs is 2. The Balaban J connectivity index is 1.97. The van der Waals surface area contributed by atoms with E-state index in [0.29, 0.717) is 12.0 Å². The van der Waals surface area contributed by atoms with Crippen molar-refractivity contribution in [3.63, 3.8) is 0 Å². The van der Waals surface area contributed by atoms with Gasteiger partial charge in [-0.25, -0.2) is 4.39 Å². The van der Waals surface area contributed by atoms with Gasteiger partial charge in [-0.05, 0) is 29.5 Å². The SMILES string of the molecule is CC(C)(C)C[C@@H]1N[C@@H](C(=O)O)[C@H](c2cccc(Cl)c2F)[C@]12CNc1cc(C(F)(F)F)ncc12. The van der Waals surface area contributed by atoms with Gasteiger partial charge in [-0.3, -0.25) is 9.78 Å². The number of aliphatic carboxylic acids is 1. The fourth-order valence-corrected chi connectivity index (χ4v) is 5.50. The lowest BCUT2D eigenvalue weighted by molar-refractivity contribution is -0.141. The van der Waals surface area contributed by atoms with Crippen LogP contribution in [0.2, 0.25) is 5.02 Å². The van der Waals surface area contributed by atoms with Crippen molar-refractivity contribution in [2.75, 3.05) is 11.9 Å². The first-order valence-corrected chi connectivity index (χ1v) is 10.9. The third-order valence-corrected chi connectivity index (χ3v) is 6.85. The molecule has 2 aliphatic heterocycles. The molecule has 4 rings (SSSR count). The lowest BCUT2D eigenvalue weighted by Crippen LogP contribution is -2.46. The largest absolute Gasteiger partial charge is 0.480 e. The van der Waals surface area contributed by atoms with Gasteiger partial charge in [-0.15, -0.1) is 0 Å². The molecule has 1 aromatic heterocycles. The highest BCUT2D eigenvalue weighted by atomic mass is 35.5. The van der Waals surface area contributed by atoms with Crippen molar-refractivity contribution in [1.82, 2.24) is 10.3 Å². The van der Waals surface area contributed by atoms with Crippen LogP contribution in [0.25, 0.3) is 0 Å². The summed E-state index contributed by atoms with van der Waals surface area (Å²) in [6.45, 7) is 6.08. The van der Waals surface area contributed by atoms with Crippen molar-refractivity contribution in [3.8, 4) is 0 Å². The molecule has 1 aromatic carbocycles. The molecule has 0 saturated carbocycles. The molecule has 2 aromatic rings. The first-order chi connectivity index (χ1) is 15.3. The molecule has 1 fully saturated rings. The third kappa shape index (κ3) is 3.95. The standard InChI is InChI=1S/C23H24ClF4N3O2/c1-21(2,3)8-16-22(10-30-14-7-15(23(26,27)28)29-9-12(14)22)17(19(31-16)20(32)33)11-5-4-6-13(24)18(11)25/h4-7,9,16-17,19,30-31H,8,10H2,1-3H3,(H,32,33)/t16-,17-,19+,22-/m0/s1. The number of pyridine rings is 1. The molecular weight excluding hydrogens is 462 g/mol. The molecule has 178 valence electrons. The Morgan fingerprint density at radius 1 is 1.30 bits per heavy atom. The van der Waals surface area contributed by atoms with E-state index in [9.17, 15) is 23.1 Å². The molecule has 1 saturated heterocycles. The molecule has 0 unspecified atom stereocenters. The summed E-state index contributed by atoms with van der Waals surface area (Å²) < 4.78 is 55.1. The Kier molecular flexibility index (Phi) is 5.64. The minimum absolute atomic E-state index is 0.105. The lowest BCUT2D eigenvalue weighted by Gasteiger charge is -2.39. The maximum absolute atomic E-state index is 15.3. The van der Waals surface area contributed by atoms with Crippen LogP contribution in [0.4, 0.5) is 23.2 Å². The van der Waals surface area contributed by atoms with Crippen molar-refractivity contribution < 1.29 is 27.5 Å². The second-order valence-electron chi connectivity index (χ2n) is 9.93. The minimum atomic E-state index is -4.63. The van der Waals surface area contributed by atoms with Gasteiger partial charge in [0.05, 0.1) is 5.02 Å². The second kappa shape index (κ2) is 7.84. The number of halogens is 5. The zero-order valence-corrected chi connectivity index (χ0v) is 19.0. The van der Waals surface area contributed by atoms with E-state index in [4.69, 9.17) is 11.6 Å². The van der Waals surface area contributed by atoms with E-state index < -0.39 is 47.1 Å². The zero-order chi connectivity index (χ0) is 24.3. The molecular formula is C23H24ClF4N3O2. The molecule has 1 spiro atoms. The van der Waals surface area contributed by atoms with Crippen LogP contribution in [0.1, 0.15) is 49.9 Å². The van der Waals surface area contributed by atoms with Gasteiger partial charge in [0.25, 0.3) is 0 Å². The van der Waals surface area contributed by atoms with E-state index in [1.807, 2.05) is 20.8 Å². The molecule has 0 amide bonds. The summed E-state index contributed by atoms with van der Waals surface area (Å²) in [5, 5.41) is 16.1. The average molecular weight is 486 g/mol. The highest BCUT2D eigenvalue weighted by molar-refractivity contribution is 6.30. The lowest BCUT2D eigenvalue weighted by atomic mass is 9.63. The van der Waals surface area contributed by atoms with Gasteiger partial charge in [0.1, 0.15) is 17.6 Å². The summed E-state index contributed by atoms with van der Waals surface area (Å²) in [4.78, 5) is 16.0. The number of carboxylic acid groups (broad SMARTS) is 1. The smallest absolute Gasteiger partial charge is 0.433 e. The maximum atomic E-state index is 15.3. The molecule has 0 aliphatic carbocycles. The van der Waals surface area contributed by atoms with Crippen LogP contribution in [0.5, 0.6) is 0 Å². The number of aromatic nitrogens is 1. The summed E-state index contributed by atoms with van der Waals surface area (Å²) in [6.07, 6.45) is -2.99. The van der Waals surface area contributed by atoms with E-state index >= 15 is 4.39 Å². The number of benzene rings is 1. The Bertz CT molecular complexity index is 1100. The Morgan fingerprint density at radius 3 is 2.61 bits per heavy atom. The topological polar surface area (TPSA) is 74.2 Å². The normalized spacial score (nSPS) is 27.0. The number of anilines is 1. The monoisotopic (exact) mass is 485 g/mol. The summed E-state index contributed by atoms with van der Waals surface area (Å²) in [6, 6.07) is 3.67. The molecule has 3 N–H and O–H groups in total. The highest BCUT2D eigenvalue weighted by Gasteiger charge is 2.62. The van der Waals surface area contributed by atoms with Gasteiger partial charge >= 0.3 is 12.1 Å². The van der Waals surface area contributed by atoms with Crippen LogP contribution in [-0.2, 0) is 16.4 Å². The molecule has 10 heteroatoms. The number of rotatable bonds is 3. The van der Waals surface area contributed by atoms with E-state index in [1.54, 1.807) is 6.07 Å². The summed E-state index contributed by atoms with van der Waals surface area (Å²) in [5.74, 6) is -2.85. The molecule has 0 radical (unpaired) electrons. The molecule has 0 bridgehead atoms. The molecule has 4 atom stereocenters. The Labute approximate surface area is 193 Å². The highest BCUT2D eigenvalue weighted by Crippen LogP contribution is 2.56. The third-order valence-electron chi connectivity index (χ3n) is 6.56. The van der Waals surface area contributed by atoms with Crippen LogP contribution < -0.4 is 10.6 Å². The van der Waals surface area contributed by atoms with Crippen LogP contribution >= 0.6 is 11.6 Å². The zero-order valence-electron chi connectivity index (χ0n) is 18.2. The number of nitrogens with one attached hydrogen (secondary N) is 2. The number of carboxylic acids is 1. The van der Waals surface area contributed by atoms with Crippen LogP contribution in [-0.4, -0.2) is 34.7 Å². The number of carbonyl (C=O) groups is 1. The van der Waals surface area contributed by atoms with Gasteiger partial charge in [-0.1, -0.05) is 44.5 Å². The Hall–Kier alpha value is -2.39. The van der Waals surface area contributed by atoms with Crippen molar-refractivity contribution in [1.29, 1.82) is 0 Å². The van der Waals surface area contributed by atoms with Crippen molar-refractivity contribution in [2.24, 2.45) is 5.41 Å². The molecule has 2 aliphatic rings. The van der Waals surface area contributed by atoms with E-state index in [1.165, 1.54) is 12.1 Å². The maximum Gasteiger partial charge on any atom is 0.433 e. The number of hydrogen-bond acceptors (Lipinski definition) is 4. The van der Waals surface area contributed by atoms with Crippen molar-refractivity contribution in [3.05, 3.63) is 58.1 Å². The van der Waals surface area contributed by atoms with Crippen molar-refractivity contribution in [2.45, 2.75) is 56.8 Å². The van der Waals surface area contributed by atoms with Crippen LogP contribution in [0.3, 0.4) is 0 Å². The molecule has 3 heterocycles. The average Bonchev–Trinajstić information content (AvgIpc) is 3.22. The van der Waals surface area contributed by atoms with Gasteiger partial charge in [0.15, 0.2) is 0 Å². The fourth-order valence-electron chi connectivity index (χ4n) is 5.31. The number of alkyl halides is 3. The van der Waals surface area contributed by atoms with Crippen molar-refractivity contribution >= 4 is 23.3 Å².